The van der Waals surface area contributed by atoms with Gasteiger partial charge in [0, 0.05) is 12.1 Å². The number of benzene rings is 1. The van der Waals surface area contributed by atoms with Crippen molar-refractivity contribution < 1.29 is 14.3 Å². The van der Waals surface area contributed by atoms with Crippen LogP contribution in [-0.2, 0) is 4.79 Å². The summed E-state index contributed by atoms with van der Waals surface area (Å²) in [4.78, 5) is 26.4. The molecule has 1 heterocycles. The van der Waals surface area contributed by atoms with Crippen LogP contribution < -0.4 is 9.64 Å². The first-order valence-electron chi connectivity index (χ1n) is 7.47. The van der Waals surface area contributed by atoms with Crippen molar-refractivity contribution in [1.29, 1.82) is 0 Å². The molecule has 5 heteroatoms. The molecule has 0 bridgehead atoms. The second-order valence-corrected chi connectivity index (χ2v) is 7.24. The third-order valence-corrected chi connectivity index (χ3v) is 3.77. The van der Waals surface area contributed by atoms with E-state index in [0.717, 1.165) is 0 Å². The molecule has 1 aromatic carbocycles. The topological polar surface area (TPSA) is 46.6 Å². The molecule has 0 N–H and O–H groups in total. The molecule has 0 spiro atoms. The van der Waals surface area contributed by atoms with Gasteiger partial charge in [0.2, 0.25) is 0 Å². The molecule has 1 aliphatic rings. The number of carbonyl (C=O) groups is 2. The fraction of sp³-hybridized carbons (Fsp3) is 0.529. The van der Waals surface area contributed by atoms with Crippen LogP contribution in [0.4, 0.5) is 5.69 Å². The number of halogens is 1. The van der Waals surface area contributed by atoms with E-state index in [-0.39, 0.29) is 11.7 Å². The van der Waals surface area contributed by atoms with E-state index >= 15 is 0 Å². The number of anilines is 1. The van der Waals surface area contributed by atoms with Crippen molar-refractivity contribution in [3.63, 3.8) is 0 Å². The van der Waals surface area contributed by atoms with E-state index in [0.29, 0.717) is 29.5 Å². The van der Waals surface area contributed by atoms with Gasteiger partial charge in [-0.3, -0.25) is 9.59 Å². The summed E-state index contributed by atoms with van der Waals surface area (Å²) in [5.74, 6) is 0.657. The van der Waals surface area contributed by atoms with E-state index in [9.17, 15) is 9.59 Å². The molecule has 1 unspecified atom stereocenters. The van der Waals surface area contributed by atoms with Crippen LogP contribution in [0.5, 0.6) is 5.75 Å². The van der Waals surface area contributed by atoms with Crippen LogP contribution in [0.15, 0.2) is 18.2 Å². The van der Waals surface area contributed by atoms with Crippen molar-refractivity contribution in [2.45, 2.75) is 45.6 Å². The number of hydrogen-bond donors (Lipinski definition) is 0. The number of carbonyl (C=O) groups excluding carboxylic acids is 2. The number of hydrogen-bond acceptors (Lipinski definition) is 3. The van der Waals surface area contributed by atoms with Gasteiger partial charge >= 0.3 is 0 Å². The first-order valence-corrected chi connectivity index (χ1v) is 7.90. The summed E-state index contributed by atoms with van der Waals surface area (Å²) >= 11 is 5.88. The highest BCUT2D eigenvalue weighted by molar-refractivity contribution is 6.33. The van der Waals surface area contributed by atoms with Gasteiger partial charge in [-0.05, 0) is 44.9 Å². The van der Waals surface area contributed by atoms with Crippen LogP contribution in [0.1, 0.15) is 45.0 Å². The van der Waals surface area contributed by atoms with Gasteiger partial charge in [0.1, 0.15) is 5.75 Å². The average Bonchev–Trinajstić information content (AvgIpc) is 2.42. The monoisotopic (exact) mass is 323 g/mol. The lowest BCUT2D eigenvalue weighted by atomic mass is 10.00. The van der Waals surface area contributed by atoms with Gasteiger partial charge in [0.15, 0.2) is 11.4 Å². The summed E-state index contributed by atoms with van der Waals surface area (Å²) in [6, 6.07) is 5.13. The van der Waals surface area contributed by atoms with Gasteiger partial charge in [0.05, 0.1) is 11.1 Å². The molecule has 2 rings (SSSR count). The lowest BCUT2D eigenvalue weighted by Gasteiger charge is -2.39. The SMILES string of the molecule is CC(C)CN1C(=O)C(C)(C)Oc2ccc(C(=O)C(C)Cl)cc21. The van der Waals surface area contributed by atoms with Crippen LogP contribution in [0.3, 0.4) is 0 Å². The first-order chi connectivity index (χ1) is 10.1. The lowest BCUT2D eigenvalue weighted by Crippen LogP contribution is -2.53. The summed E-state index contributed by atoms with van der Waals surface area (Å²) in [5, 5.41) is -0.603. The van der Waals surface area contributed by atoms with Crippen molar-refractivity contribution in [2.24, 2.45) is 5.92 Å². The van der Waals surface area contributed by atoms with Crippen LogP contribution in [-0.4, -0.2) is 29.2 Å². The van der Waals surface area contributed by atoms with Gasteiger partial charge in [-0.1, -0.05) is 13.8 Å². The van der Waals surface area contributed by atoms with Crippen LogP contribution >= 0.6 is 11.6 Å². The van der Waals surface area contributed by atoms with Gasteiger partial charge in [-0.2, -0.15) is 0 Å². The third kappa shape index (κ3) is 3.12. The highest BCUT2D eigenvalue weighted by Gasteiger charge is 2.41. The number of amides is 1. The van der Waals surface area contributed by atoms with Crippen molar-refractivity contribution in [1.82, 2.24) is 0 Å². The molecule has 4 nitrogen and oxygen atoms in total. The number of ether oxygens (including phenoxy) is 1. The zero-order valence-corrected chi connectivity index (χ0v) is 14.4. The predicted molar refractivity (Wildman–Crippen MR) is 88.0 cm³/mol. The summed E-state index contributed by atoms with van der Waals surface area (Å²) in [6.07, 6.45) is 0. The predicted octanol–water partition coefficient (Wildman–Crippen LogP) is 3.66. The molecule has 1 atom stereocenters. The Morgan fingerprint density at radius 3 is 2.50 bits per heavy atom. The Hall–Kier alpha value is -1.55. The summed E-state index contributed by atoms with van der Waals surface area (Å²) in [7, 11) is 0. The quantitative estimate of drug-likeness (QED) is 0.627. The normalized spacial score (nSPS) is 18.0. The Kier molecular flexibility index (Phi) is 4.52. The maximum Gasteiger partial charge on any atom is 0.270 e. The highest BCUT2D eigenvalue weighted by Crippen LogP contribution is 2.39. The molecular formula is C17H22ClNO3. The standard InChI is InChI=1S/C17H22ClNO3/c1-10(2)9-19-13-8-12(15(20)11(3)18)6-7-14(13)22-17(4,5)16(19)21/h6-8,10-11H,9H2,1-5H3. The van der Waals surface area contributed by atoms with Crippen molar-refractivity contribution >= 4 is 29.0 Å². The Labute approximate surface area is 136 Å². The average molecular weight is 324 g/mol. The van der Waals surface area contributed by atoms with Crippen molar-refractivity contribution in [3.05, 3.63) is 23.8 Å². The van der Waals surface area contributed by atoms with Gasteiger partial charge < -0.3 is 9.64 Å². The highest BCUT2D eigenvalue weighted by atomic mass is 35.5. The minimum atomic E-state index is -0.910. The van der Waals surface area contributed by atoms with Gasteiger partial charge in [-0.25, -0.2) is 0 Å². The minimum absolute atomic E-state index is 0.0998. The maximum absolute atomic E-state index is 12.7. The fourth-order valence-corrected chi connectivity index (χ4v) is 2.62. The van der Waals surface area contributed by atoms with Crippen LogP contribution in [0, 0.1) is 5.92 Å². The number of nitrogens with zero attached hydrogens (tertiary/aromatic N) is 1. The molecule has 0 fully saturated rings. The first kappa shape index (κ1) is 16.8. The van der Waals surface area contributed by atoms with E-state index in [4.69, 9.17) is 16.3 Å². The zero-order valence-electron chi connectivity index (χ0n) is 13.6. The minimum Gasteiger partial charge on any atom is -0.476 e. The number of alkyl halides is 1. The van der Waals surface area contributed by atoms with Crippen LogP contribution in [0.2, 0.25) is 0 Å². The number of Topliss-reactive ketones (excluding diaryl/α,β-unsaturated/α-hetero) is 1. The smallest absolute Gasteiger partial charge is 0.270 e. The van der Waals surface area contributed by atoms with E-state index in [1.165, 1.54) is 0 Å². The maximum atomic E-state index is 12.7. The van der Waals surface area contributed by atoms with Gasteiger partial charge in [-0.15, -0.1) is 11.6 Å². The van der Waals surface area contributed by atoms with Crippen molar-refractivity contribution in [3.8, 4) is 5.75 Å². The third-order valence-electron chi connectivity index (χ3n) is 3.57. The molecule has 0 aliphatic carbocycles. The molecule has 0 saturated heterocycles. The molecule has 1 amide bonds. The molecule has 1 aromatic rings. The molecule has 22 heavy (non-hydrogen) atoms. The van der Waals surface area contributed by atoms with E-state index in [1.54, 1.807) is 43.9 Å². The fourth-order valence-electron chi connectivity index (χ4n) is 2.50. The number of ketones is 1. The molecule has 0 aromatic heterocycles. The van der Waals surface area contributed by atoms with E-state index in [1.807, 2.05) is 13.8 Å². The van der Waals surface area contributed by atoms with Crippen molar-refractivity contribution in [2.75, 3.05) is 11.4 Å². The summed E-state index contributed by atoms with van der Waals surface area (Å²) in [6.45, 7) is 9.82. The Balaban J connectivity index is 2.51. The Morgan fingerprint density at radius 1 is 1.32 bits per heavy atom. The summed E-state index contributed by atoms with van der Waals surface area (Å²) in [5.41, 5.74) is 0.222. The Bertz CT molecular complexity index is 608. The van der Waals surface area contributed by atoms with Crippen LogP contribution in [0.25, 0.3) is 0 Å². The van der Waals surface area contributed by atoms with E-state index < -0.39 is 11.0 Å². The molecular weight excluding hydrogens is 302 g/mol. The molecule has 0 saturated carbocycles. The number of rotatable bonds is 4. The molecule has 0 radical (unpaired) electrons. The second-order valence-electron chi connectivity index (χ2n) is 6.58. The number of fused-ring (bicyclic) bond motifs is 1. The largest absolute Gasteiger partial charge is 0.476 e. The lowest BCUT2D eigenvalue weighted by molar-refractivity contribution is -0.132. The van der Waals surface area contributed by atoms with Gasteiger partial charge in [0.25, 0.3) is 5.91 Å². The zero-order chi connectivity index (χ0) is 16.7. The second kappa shape index (κ2) is 5.92. The van der Waals surface area contributed by atoms with E-state index in [2.05, 4.69) is 0 Å². The molecule has 120 valence electrons. The molecule has 1 aliphatic heterocycles. The summed E-state index contributed by atoms with van der Waals surface area (Å²) < 4.78 is 5.80. The Morgan fingerprint density at radius 2 is 1.95 bits per heavy atom.